The third-order valence-corrected chi connectivity index (χ3v) is 3.76. The number of aliphatic hydroxyl groups is 1. The van der Waals surface area contributed by atoms with Gasteiger partial charge in [0.1, 0.15) is 12.4 Å². The van der Waals surface area contributed by atoms with Crippen LogP contribution in [0, 0.1) is 0 Å². The van der Waals surface area contributed by atoms with Crippen molar-refractivity contribution < 1.29 is 9.84 Å². The van der Waals surface area contributed by atoms with E-state index in [1.54, 1.807) is 0 Å². The summed E-state index contributed by atoms with van der Waals surface area (Å²) in [4.78, 5) is 3.25. The topological polar surface area (TPSA) is 71.3 Å². The molecule has 4 heteroatoms. The van der Waals surface area contributed by atoms with Crippen LogP contribution in [0.25, 0.3) is 10.9 Å². The quantitative estimate of drug-likeness (QED) is 0.655. The highest BCUT2D eigenvalue weighted by atomic mass is 16.5. The van der Waals surface area contributed by atoms with Gasteiger partial charge in [0.2, 0.25) is 0 Å². The molecule has 0 unspecified atom stereocenters. The molecule has 3 rings (SSSR count). The Bertz CT molecular complexity index is 747. The molecule has 22 heavy (non-hydrogen) atoms. The molecule has 0 saturated heterocycles. The summed E-state index contributed by atoms with van der Waals surface area (Å²) >= 11 is 0. The fourth-order valence-corrected chi connectivity index (χ4v) is 2.52. The van der Waals surface area contributed by atoms with Crippen molar-refractivity contribution in [3.05, 3.63) is 65.4 Å². The predicted octanol–water partition coefficient (Wildman–Crippen LogP) is 2.74. The van der Waals surface area contributed by atoms with E-state index in [1.807, 2.05) is 42.6 Å². The number of aromatic nitrogens is 1. The Hall–Kier alpha value is -2.30. The highest BCUT2D eigenvalue weighted by molar-refractivity contribution is 5.84. The highest BCUT2D eigenvalue weighted by Gasteiger charge is 2.05. The lowest BCUT2D eigenvalue weighted by Crippen LogP contribution is -2.01. The zero-order valence-electron chi connectivity index (χ0n) is 12.4. The first-order valence-electron chi connectivity index (χ1n) is 7.41. The van der Waals surface area contributed by atoms with Crippen molar-refractivity contribution in [2.45, 2.75) is 19.6 Å². The number of aromatic amines is 1. The van der Waals surface area contributed by atoms with Gasteiger partial charge in [-0.1, -0.05) is 24.3 Å². The van der Waals surface area contributed by atoms with Crippen LogP contribution in [0.4, 0.5) is 0 Å². The number of rotatable bonds is 6. The largest absolute Gasteiger partial charge is 0.489 e. The molecule has 0 spiro atoms. The first-order valence-corrected chi connectivity index (χ1v) is 7.41. The minimum Gasteiger partial charge on any atom is -0.489 e. The van der Waals surface area contributed by atoms with Crippen molar-refractivity contribution in [1.29, 1.82) is 0 Å². The van der Waals surface area contributed by atoms with Gasteiger partial charge in [-0.25, -0.2) is 0 Å². The molecule has 0 aliphatic heterocycles. The Kier molecular flexibility index (Phi) is 4.42. The average Bonchev–Trinajstić information content (AvgIpc) is 2.96. The van der Waals surface area contributed by atoms with Crippen LogP contribution in [0.5, 0.6) is 5.75 Å². The third kappa shape index (κ3) is 3.13. The highest BCUT2D eigenvalue weighted by Crippen LogP contribution is 2.24. The number of hydrogen-bond acceptors (Lipinski definition) is 3. The van der Waals surface area contributed by atoms with Crippen molar-refractivity contribution in [2.75, 3.05) is 6.54 Å². The summed E-state index contributed by atoms with van der Waals surface area (Å²) < 4.78 is 5.87. The Morgan fingerprint density at radius 3 is 2.55 bits per heavy atom. The van der Waals surface area contributed by atoms with Gasteiger partial charge in [0, 0.05) is 17.1 Å². The van der Waals surface area contributed by atoms with E-state index < -0.39 is 0 Å². The molecule has 0 fully saturated rings. The molecule has 0 aliphatic rings. The maximum absolute atomic E-state index is 9.04. The molecular weight excluding hydrogens is 276 g/mol. The molecule has 1 heterocycles. The number of fused-ring (bicyclic) bond motifs is 1. The summed E-state index contributed by atoms with van der Waals surface area (Å²) in [7, 11) is 0. The summed E-state index contributed by atoms with van der Waals surface area (Å²) in [6.45, 7) is 1.21. The van der Waals surface area contributed by atoms with Crippen molar-refractivity contribution in [3.63, 3.8) is 0 Å². The molecule has 114 valence electrons. The van der Waals surface area contributed by atoms with E-state index in [0.29, 0.717) is 13.2 Å². The van der Waals surface area contributed by atoms with Gasteiger partial charge in [-0.15, -0.1) is 0 Å². The average molecular weight is 296 g/mol. The Morgan fingerprint density at radius 2 is 1.82 bits per heavy atom. The smallest absolute Gasteiger partial charge is 0.120 e. The lowest BCUT2D eigenvalue weighted by atomic mass is 10.1. The summed E-state index contributed by atoms with van der Waals surface area (Å²) in [5, 5.41) is 10.2. The molecule has 0 radical (unpaired) electrons. The fraction of sp³-hybridized carbons (Fsp3) is 0.222. The van der Waals surface area contributed by atoms with E-state index >= 15 is 0 Å². The summed E-state index contributed by atoms with van der Waals surface area (Å²) in [5.74, 6) is 0.844. The molecular formula is C18H20N2O2. The monoisotopic (exact) mass is 296 g/mol. The summed E-state index contributed by atoms with van der Waals surface area (Å²) in [5.41, 5.74) is 9.95. The maximum Gasteiger partial charge on any atom is 0.120 e. The molecule has 4 N–H and O–H groups in total. The van der Waals surface area contributed by atoms with Gasteiger partial charge in [0.25, 0.3) is 0 Å². The Balaban J connectivity index is 1.73. The number of H-pyrrole nitrogens is 1. The Labute approximate surface area is 129 Å². The van der Waals surface area contributed by atoms with Crippen LogP contribution in [0.15, 0.2) is 48.7 Å². The second kappa shape index (κ2) is 6.64. The Morgan fingerprint density at radius 1 is 1.05 bits per heavy atom. The van der Waals surface area contributed by atoms with Crippen LogP contribution in [0.1, 0.15) is 16.7 Å². The zero-order chi connectivity index (χ0) is 15.4. The number of ether oxygens (including phenoxy) is 1. The maximum atomic E-state index is 9.04. The second-order valence-corrected chi connectivity index (χ2v) is 5.32. The molecule has 4 nitrogen and oxygen atoms in total. The molecule has 0 atom stereocenters. The number of nitrogens with two attached hydrogens (primary N) is 1. The lowest BCUT2D eigenvalue weighted by molar-refractivity contribution is 0.281. The van der Waals surface area contributed by atoms with E-state index in [4.69, 9.17) is 15.6 Å². The van der Waals surface area contributed by atoms with Gasteiger partial charge in [-0.2, -0.15) is 0 Å². The minimum absolute atomic E-state index is 0.0647. The molecule has 0 bridgehead atoms. The van der Waals surface area contributed by atoms with Crippen molar-refractivity contribution >= 4 is 10.9 Å². The zero-order valence-corrected chi connectivity index (χ0v) is 12.4. The number of hydrogen-bond donors (Lipinski definition) is 3. The van der Waals surface area contributed by atoms with E-state index in [9.17, 15) is 0 Å². The van der Waals surface area contributed by atoms with E-state index in [0.717, 1.165) is 28.8 Å². The van der Waals surface area contributed by atoms with E-state index in [2.05, 4.69) is 11.1 Å². The fourth-order valence-electron chi connectivity index (χ4n) is 2.52. The van der Waals surface area contributed by atoms with Gasteiger partial charge in [-0.3, -0.25) is 0 Å². The van der Waals surface area contributed by atoms with Crippen molar-refractivity contribution in [2.24, 2.45) is 5.73 Å². The molecule has 1 aromatic heterocycles. The van der Waals surface area contributed by atoms with Gasteiger partial charge in [-0.05, 0) is 47.9 Å². The van der Waals surface area contributed by atoms with Crippen LogP contribution < -0.4 is 10.5 Å². The van der Waals surface area contributed by atoms with Crippen LogP contribution >= 0.6 is 0 Å². The number of aliphatic hydroxyl groups excluding tert-OH is 1. The third-order valence-electron chi connectivity index (χ3n) is 3.76. The lowest BCUT2D eigenvalue weighted by Gasteiger charge is -2.07. The van der Waals surface area contributed by atoms with Crippen LogP contribution in [0.3, 0.4) is 0 Å². The van der Waals surface area contributed by atoms with Crippen LogP contribution in [0.2, 0.25) is 0 Å². The minimum atomic E-state index is 0.0647. The number of benzene rings is 2. The van der Waals surface area contributed by atoms with Gasteiger partial charge < -0.3 is 20.6 Å². The molecule has 0 saturated carbocycles. The van der Waals surface area contributed by atoms with Crippen LogP contribution in [-0.4, -0.2) is 16.6 Å². The van der Waals surface area contributed by atoms with Crippen molar-refractivity contribution in [1.82, 2.24) is 4.98 Å². The van der Waals surface area contributed by atoms with E-state index in [1.165, 1.54) is 10.9 Å². The summed E-state index contributed by atoms with van der Waals surface area (Å²) in [6.07, 6.45) is 2.86. The second-order valence-electron chi connectivity index (χ2n) is 5.32. The van der Waals surface area contributed by atoms with Crippen molar-refractivity contribution in [3.8, 4) is 5.75 Å². The molecule has 0 amide bonds. The van der Waals surface area contributed by atoms with Crippen LogP contribution in [-0.2, 0) is 19.6 Å². The molecule has 2 aromatic carbocycles. The first kappa shape index (κ1) is 14.6. The standard InChI is InChI=1S/C18H20N2O2/c19-8-7-15-10-20-18-6-5-16(9-17(15)18)22-12-14-3-1-13(11-21)2-4-14/h1-6,9-10,20-21H,7-8,11-12,19H2. The van der Waals surface area contributed by atoms with Gasteiger partial charge in [0.15, 0.2) is 0 Å². The normalized spacial score (nSPS) is 11.0. The molecule has 3 aromatic rings. The van der Waals surface area contributed by atoms with Gasteiger partial charge in [0.05, 0.1) is 6.61 Å². The predicted molar refractivity (Wildman–Crippen MR) is 87.8 cm³/mol. The first-order chi connectivity index (χ1) is 10.8. The number of nitrogens with one attached hydrogen (secondary N) is 1. The van der Waals surface area contributed by atoms with E-state index in [-0.39, 0.29) is 6.61 Å². The molecule has 0 aliphatic carbocycles. The summed E-state index contributed by atoms with van der Waals surface area (Å²) in [6, 6.07) is 13.8. The van der Waals surface area contributed by atoms with Gasteiger partial charge >= 0.3 is 0 Å². The SMILES string of the molecule is NCCc1c[nH]c2ccc(OCc3ccc(CO)cc3)cc12.